The lowest BCUT2D eigenvalue weighted by molar-refractivity contribution is -0.136. The Kier molecular flexibility index (Phi) is 7.59. The predicted octanol–water partition coefficient (Wildman–Crippen LogP) is 5.78. The van der Waals surface area contributed by atoms with Crippen molar-refractivity contribution in [3.63, 3.8) is 0 Å². The minimum absolute atomic E-state index is 0.181. The van der Waals surface area contributed by atoms with Gasteiger partial charge in [0.1, 0.15) is 23.9 Å². The van der Waals surface area contributed by atoms with Crippen LogP contribution in [-0.4, -0.2) is 52.1 Å². The molecule has 0 N–H and O–H groups in total. The van der Waals surface area contributed by atoms with Crippen LogP contribution < -0.4 is 4.90 Å². The second-order valence-electron chi connectivity index (χ2n) is 11.6. The zero-order chi connectivity index (χ0) is 34.0. The van der Waals surface area contributed by atoms with Crippen LogP contribution in [0.4, 0.5) is 36.4 Å². The van der Waals surface area contributed by atoms with E-state index in [1.807, 2.05) is 6.08 Å². The average Bonchev–Trinajstić information content (AvgIpc) is 3.74. The summed E-state index contributed by atoms with van der Waals surface area (Å²) in [6.45, 7) is -0.729. The number of fused-ring (bicyclic) bond motifs is 2. The Bertz CT molecular complexity index is 1940. The minimum Gasteiger partial charge on any atom is -0.271 e. The first-order chi connectivity index (χ1) is 23.0. The molecule has 4 aliphatic rings. The number of nitrogens with zero attached hydrogens (tertiary/aromatic N) is 6. The summed E-state index contributed by atoms with van der Waals surface area (Å²) in [6, 6.07) is 7.06. The molecular weight excluding hydrogens is 649 g/mol. The Morgan fingerprint density at radius 2 is 1.40 bits per heavy atom. The molecule has 1 aliphatic carbocycles. The minimum atomic E-state index is -2.47. The SMILES string of the molecule is O=C1[C@@H]2N=NN(CC(=O)N3N=C4/C(=C/c5ccc(F)cc5)CCC[C@@H]4[C@@H]3c3ccc(F)cc3)[C@H]2C(=O)N1c1c(F)c(F)c(F)c(F)c1F. The van der Waals surface area contributed by atoms with Crippen LogP contribution in [-0.2, 0) is 14.4 Å². The van der Waals surface area contributed by atoms with Gasteiger partial charge in [-0.1, -0.05) is 29.5 Å². The highest BCUT2D eigenvalue weighted by Crippen LogP contribution is 2.45. The van der Waals surface area contributed by atoms with Crippen LogP contribution in [0.5, 0.6) is 0 Å². The Hall–Kier alpha value is -5.41. The first kappa shape index (κ1) is 31.2. The van der Waals surface area contributed by atoms with Crippen molar-refractivity contribution in [3.8, 4) is 0 Å². The molecule has 4 atom stereocenters. The van der Waals surface area contributed by atoms with Gasteiger partial charge in [-0.05, 0) is 66.3 Å². The van der Waals surface area contributed by atoms with E-state index in [1.165, 1.54) is 36.4 Å². The zero-order valence-electron chi connectivity index (χ0n) is 24.4. The summed E-state index contributed by atoms with van der Waals surface area (Å²) in [6.07, 6.45) is 3.74. The van der Waals surface area contributed by atoms with Crippen LogP contribution in [0, 0.1) is 46.6 Å². The number of hydrogen-bond donors (Lipinski definition) is 0. The molecule has 2 fully saturated rings. The highest BCUT2D eigenvalue weighted by atomic mass is 19.2. The molecule has 3 heterocycles. The number of carbonyl (C=O) groups is 3. The van der Waals surface area contributed by atoms with Crippen LogP contribution in [0.25, 0.3) is 6.08 Å². The maximum Gasteiger partial charge on any atom is 0.264 e. The fraction of sp³-hybridized carbons (Fsp3) is 0.250. The third-order valence-corrected chi connectivity index (χ3v) is 8.74. The Morgan fingerprint density at radius 1 is 0.792 bits per heavy atom. The highest BCUT2D eigenvalue weighted by Gasteiger charge is 2.57. The molecule has 1 saturated heterocycles. The molecule has 16 heteroatoms. The van der Waals surface area contributed by atoms with Gasteiger partial charge >= 0.3 is 0 Å². The van der Waals surface area contributed by atoms with Gasteiger partial charge in [0, 0.05) is 5.92 Å². The molecule has 0 spiro atoms. The number of rotatable bonds is 5. The van der Waals surface area contributed by atoms with Crippen LogP contribution in [0.1, 0.15) is 36.4 Å². The number of hydrazone groups is 1. The van der Waals surface area contributed by atoms with E-state index in [0.717, 1.165) is 15.6 Å². The molecule has 7 rings (SSSR count). The van der Waals surface area contributed by atoms with Gasteiger partial charge in [0.05, 0.1) is 11.8 Å². The Balaban J connectivity index is 1.20. The summed E-state index contributed by atoms with van der Waals surface area (Å²) in [5.41, 5.74) is 0.838. The molecule has 3 aromatic carbocycles. The standard InChI is InChI=1S/C32H21F7N6O3/c33-17-8-4-14(5-9-17)12-16-2-1-3-19-26(16)41-45(28(19)15-6-10-18(34)11-7-15)20(46)13-43-30-27(40-42-43)31(47)44(32(30)48)29-24(38)22(36)21(35)23(37)25(29)39/h4-12,19,27-28,30H,1-3,13H2/b16-12+/t19-,27+,28-,30+/m0/s1. The molecule has 1 saturated carbocycles. The molecule has 3 aliphatic heterocycles. The van der Waals surface area contributed by atoms with E-state index >= 15 is 0 Å². The fourth-order valence-electron chi connectivity index (χ4n) is 6.54. The van der Waals surface area contributed by atoms with Crippen molar-refractivity contribution in [1.29, 1.82) is 0 Å². The molecule has 9 nitrogen and oxygen atoms in total. The Labute approximate surface area is 266 Å². The molecule has 48 heavy (non-hydrogen) atoms. The monoisotopic (exact) mass is 670 g/mol. The molecule has 0 aromatic heterocycles. The van der Waals surface area contributed by atoms with Crippen molar-refractivity contribution in [2.24, 2.45) is 21.4 Å². The first-order valence-corrected chi connectivity index (χ1v) is 14.7. The molecule has 246 valence electrons. The average molecular weight is 671 g/mol. The van der Waals surface area contributed by atoms with Gasteiger partial charge in [-0.15, -0.1) is 0 Å². The summed E-state index contributed by atoms with van der Waals surface area (Å²) >= 11 is 0. The summed E-state index contributed by atoms with van der Waals surface area (Å²) in [5, 5.41) is 14.0. The number of carbonyl (C=O) groups excluding carboxylic acids is 3. The maximum atomic E-state index is 14.6. The lowest BCUT2D eigenvalue weighted by Crippen LogP contribution is -2.45. The number of hydrogen-bond acceptors (Lipinski definition) is 7. The summed E-state index contributed by atoms with van der Waals surface area (Å²) < 4.78 is 98.1. The smallest absolute Gasteiger partial charge is 0.264 e. The van der Waals surface area contributed by atoms with Gasteiger partial charge < -0.3 is 0 Å². The van der Waals surface area contributed by atoms with E-state index < -0.39 is 88.8 Å². The van der Waals surface area contributed by atoms with Crippen molar-refractivity contribution in [3.05, 3.63) is 106 Å². The lowest BCUT2D eigenvalue weighted by atomic mass is 9.77. The quantitative estimate of drug-likeness (QED) is 0.149. The van der Waals surface area contributed by atoms with Gasteiger partial charge in [-0.25, -0.2) is 40.6 Å². The predicted molar refractivity (Wildman–Crippen MR) is 153 cm³/mol. The molecule has 3 amide bonds. The molecule has 0 radical (unpaired) electrons. The van der Waals surface area contributed by atoms with Crippen molar-refractivity contribution in [2.45, 2.75) is 37.4 Å². The van der Waals surface area contributed by atoms with Crippen LogP contribution in [0.3, 0.4) is 0 Å². The normalized spacial score (nSPS) is 24.1. The third-order valence-electron chi connectivity index (χ3n) is 8.74. The van der Waals surface area contributed by atoms with E-state index in [1.54, 1.807) is 12.1 Å². The van der Waals surface area contributed by atoms with Crippen LogP contribution >= 0.6 is 0 Å². The maximum absolute atomic E-state index is 14.6. The molecule has 3 aromatic rings. The van der Waals surface area contributed by atoms with Crippen molar-refractivity contribution in [2.75, 3.05) is 11.4 Å². The van der Waals surface area contributed by atoms with E-state index in [9.17, 15) is 45.1 Å². The summed E-state index contributed by atoms with van der Waals surface area (Å²) in [7, 11) is 0. The van der Waals surface area contributed by atoms with Gasteiger partial charge in [0.15, 0.2) is 35.4 Å². The molecule has 0 unspecified atom stereocenters. The molecule has 0 bridgehead atoms. The van der Waals surface area contributed by atoms with Crippen molar-refractivity contribution >= 4 is 35.2 Å². The van der Waals surface area contributed by atoms with Gasteiger partial charge in [-0.2, -0.15) is 10.2 Å². The topological polar surface area (TPSA) is 98.0 Å². The van der Waals surface area contributed by atoms with E-state index in [2.05, 4.69) is 15.4 Å². The zero-order valence-corrected chi connectivity index (χ0v) is 24.4. The largest absolute Gasteiger partial charge is 0.271 e. The van der Waals surface area contributed by atoms with E-state index in [-0.39, 0.29) is 10.8 Å². The van der Waals surface area contributed by atoms with Gasteiger partial charge in [0.25, 0.3) is 17.7 Å². The Morgan fingerprint density at radius 3 is 2.04 bits per heavy atom. The fourth-order valence-corrected chi connectivity index (χ4v) is 6.54. The number of halogens is 7. The molecular formula is C32H21F7N6O3. The second-order valence-corrected chi connectivity index (χ2v) is 11.6. The highest BCUT2D eigenvalue weighted by molar-refractivity contribution is 6.25. The van der Waals surface area contributed by atoms with Gasteiger partial charge in [-0.3, -0.25) is 19.4 Å². The number of anilines is 1. The third kappa shape index (κ3) is 4.93. The number of allylic oxidation sites excluding steroid dienone is 1. The summed E-state index contributed by atoms with van der Waals surface area (Å²) in [4.78, 5) is 40.1. The van der Waals surface area contributed by atoms with Crippen molar-refractivity contribution < 1.29 is 45.1 Å². The number of benzene rings is 3. The first-order valence-electron chi connectivity index (χ1n) is 14.7. The van der Waals surface area contributed by atoms with Crippen LogP contribution in [0.2, 0.25) is 0 Å². The van der Waals surface area contributed by atoms with E-state index in [4.69, 9.17) is 0 Å². The van der Waals surface area contributed by atoms with Crippen molar-refractivity contribution in [1.82, 2.24) is 10.0 Å². The van der Waals surface area contributed by atoms with E-state index in [0.29, 0.717) is 36.1 Å². The lowest BCUT2D eigenvalue weighted by Gasteiger charge is -2.30. The summed E-state index contributed by atoms with van der Waals surface area (Å²) in [5.74, 6) is -16.8. The number of amides is 3. The second kappa shape index (κ2) is 11.7. The van der Waals surface area contributed by atoms with Crippen LogP contribution in [0.15, 0.2) is 69.5 Å². The number of imide groups is 1. The van der Waals surface area contributed by atoms with Gasteiger partial charge in [0.2, 0.25) is 5.82 Å².